The van der Waals surface area contributed by atoms with Gasteiger partial charge in [-0.1, -0.05) is 19.3 Å². The van der Waals surface area contributed by atoms with Gasteiger partial charge in [0, 0.05) is 43.9 Å². The number of imidazole rings is 1. The Morgan fingerprint density at radius 2 is 2.08 bits per heavy atom. The van der Waals surface area contributed by atoms with Crippen molar-refractivity contribution in [1.29, 1.82) is 0 Å². The summed E-state index contributed by atoms with van der Waals surface area (Å²) in [5, 5.41) is 2.04. The van der Waals surface area contributed by atoms with E-state index >= 15 is 0 Å². The minimum Gasteiger partial charge on any atom is -0.380 e. The highest BCUT2D eigenvalue weighted by Gasteiger charge is 2.28. The smallest absolute Gasteiger partial charge is 0.274 e. The Morgan fingerprint density at radius 3 is 2.81 bits per heavy atom. The van der Waals surface area contributed by atoms with E-state index in [2.05, 4.69) is 16.3 Å². The first-order valence-corrected chi connectivity index (χ1v) is 10.6. The van der Waals surface area contributed by atoms with Crippen LogP contribution in [-0.4, -0.2) is 64.5 Å². The third kappa shape index (κ3) is 3.66. The van der Waals surface area contributed by atoms with Crippen LogP contribution in [0.1, 0.15) is 54.7 Å². The van der Waals surface area contributed by atoms with Crippen molar-refractivity contribution >= 4 is 22.2 Å². The highest BCUT2D eigenvalue weighted by molar-refractivity contribution is 7.15. The summed E-state index contributed by atoms with van der Waals surface area (Å²) in [6.45, 7) is 4.04. The number of hydrogen-bond donors (Lipinski definition) is 0. The third-order valence-electron chi connectivity index (χ3n) is 5.64. The van der Waals surface area contributed by atoms with Crippen LogP contribution in [0.15, 0.2) is 11.6 Å². The maximum Gasteiger partial charge on any atom is 0.274 e. The zero-order chi connectivity index (χ0) is 17.9. The Bertz CT molecular complexity index is 742. The normalized spacial score (nSPS) is 22.1. The lowest BCUT2D eigenvalue weighted by Gasteiger charge is -2.26. The second-order valence-corrected chi connectivity index (χ2v) is 8.33. The van der Waals surface area contributed by atoms with Crippen molar-refractivity contribution in [3.63, 3.8) is 0 Å². The predicted octanol–water partition coefficient (Wildman–Crippen LogP) is 3.02. The zero-order valence-corrected chi connectivity index (χ0v) is 16.3. The fourth-order valence-electron chi connectivity index (χ4n) is 3.99. The van der Waals surface area contributed by atoms with Gasteiger partial charge in [0.1, 0.15) is 0 Å². The quantitative estimate of drug-likeness (QED) is 0.823. The Labute approximate surface area is 158 Å². The second-order valence-electron chi connectivity index (χ2n) is 7.46. The summed E-state index contributed by atoms with van der Waals surface area (Å²) in [6, 6.07) is 0.420. The van der Waals surface area contributed by atoms with Crippen molar-refractivity contribution in [1.82, 2.24) is 19.2 Å². The van der Waals surface area contributed by atoms with E-state index in [9.17, 15) is 4.79 Å². The molecule has 0 aliphatic carbocycles. The van der Waals surface area contributed by atoms with Crippen molar-refractivity contribution in [2.75, 3.05) is 33.4 Å². The SMILES string of the molecule is CN(Cc1c(C(=O)N2CCCCCCC2)nc2sccn12)[C@H]1CCOC1. The highest BCUT2D eigenvalue weighted by atomic mass is 32.1. The number of amides is 1. The topological polar surface area (TPSA) is 50.1 Å². The molecule has 0 saturated carbocycles. The molecule has 2 fully saturated rings. The standard InChI is InChI=1S/C19H28N4O2S/c1-21(15-7-11-25-14-15)13-16-17(20-19-23(16)10-12-26-19)18(24)22-8-5-3-2-4-6-9-22/h10,12,15H,2-9,11,13-14H2,1H3/t15-/m0/s1. The van der Waals surface area contributed by atoms with Crippen molar-refractivity contribution in [3.8, 4) is 0 Å². The molecule has 7 heteroatoms. The van der Waals surface area contributed by atoms with Gasteiger partial charge in [0.05, 0.1) is 12.3 Å². The molecule has 2 aromatic heterocycles. The van der Waals surface area contributed by atoms with E-state index in [1.807, 2.05) is 16.5 Å². The summed E-state index contributed by atoms with van der Waals surface area (Å²) in [5.41, 5.74) is 1.66. The Balaban J connectivity index is 1.59. The summed E-state index contributed by atoms with van der Waals surface area (Å²) in [7, 11) is 2.12. The molecule has 0 spiro atoms. The van der Waals surface area contributed by atoms with Crippen LogP contribution < -0.4 is 0 Å². The molecule has 6 nitrogen and oxygen atoms in total. The number of carbonyl (C=O) groups is 1. The van der Waals surface area contributed by atoms with Crippen LogP contribution in [-0.2, 0) is 11.3 Å². The second kappa shape index (κ2) is 8.06. The minimum atomic E-state index is 0.105. The third-order valence-corrected chi connectivity index (χ3v) is 6.39. The number of carbonyl (C=O) groups excluding carboxylic acids is 1. The molecule has 0 radical (unpaired) electrons. The first kappa shape index (κ1) is 17.9. The van der Waals surface area contributed by atoms with Gasteiger partial charge in [-0.3, -0.25) is 14.1 Å². The molecule has 0 unspecified atom stereocenters. The van der Waals surface area contributed by atoms with Crippen LogP contribution in [0.5, 0.6) is 0 Å². The number of hydrogen-bond acceptors (Lipinski definition) is 5. The summed E-state index contributed by atoms with van der Waals surface area (Å²) >= 11 is 1.59. The van der Waals surface area contributed by atoms with E-state index < -0.39 is 0 Å². The molecule has 1 atom stereocenters. The molecule has 2 aliphatic rings. The molecule has 2 aromatic rings. The van der Waals surface area contributed by atoms with Gasteiger partial charge >= 0.3 is 0 Å². The molecule has 0 aromatic carbocycles. The van der Waals surface area contributed by atoms with Crippen molar-refractivity contribution in [2.24, 2.45) is 0 Å². The van der Waals surface area contributed by atoms with Gasteiger partial charge in [0.15, 0.2) is 10.7 Å². The van der Waals surface area contributed by atoms with Gasteiger partial charge in [-0.05, 0) is 26.3 Å². The lowest BCUT2D eigenvalue weighted by molar-refractivity contribution is 0.0734. The van der Waals surface area contributed by atoms with Gasteiger partial charge in [-0.2, -0.15) is 0 Å². The van der Waals surface area contributed by atoms with Gasteiger partial charge < -0.3 is 9.64 Å². The zero-order valence-electron chi connectivity index (χ0n) is 15.5. The van der Waals surface area contributed by atoms with E-state index in [0.717, 1.165) is 62.8 Å². The molecule has 4 rings (SSSR count). The summed E-state index contributed by atoms with van der Waals surface area (Å²) in [4.78, 5) is 23.2. The number of ether oxygens (including phenoxy) is 1. The Kier molecular flexibility index (Phi) is 5.57. The van der Waals surface area contributed by atoms with Crippen molar-refractivity contribution in [2.45, 2.75) is 51.1 Å². The molecule has 4 heterocycles. The molecular weight excluding hydrogens is 348 g/mol. The summed E-state index contributed by atoms with van der Waals surface area (Å²) in [5.74, 6) is 0.105. The van der Waals surface area contributed by atoms with Crippen molar-refractivity contribution < 1.29 is 9.53 Å². The molecular formula is C19H28N4O2S. The lowest BCUT2D eigenvalue weighted by Crippen LogP contribution is -2.36. The number of thiazole rings is 1. The number of rotatable bonds is 4. The van der Waals surface area contributed by atoms with Crippen LogP contribution in [0.4, 0.5) is 0 Å². The molecule has 142 valence electrons. The van der Waals surface area contributed by atoms with E-state index in [0.29, 0.717) is 11.7 Å². The predicted molar refractivity (Wildman–Crippen MR) is 103 cm³/mol. The van der Waals surface area contributed by atoms with Crippen LogP contribution >= 0.6 is 11.3 Å². The Morgan fingerprint density at radius 1 is 1.31 bits per heavy atom. The maximum atomic E-state index is 13.3. The van der Waals surface area contributed by atoms with Gasteiger partial charge in [0.25, 0.3) is 5.91 Å². The van der Waals surface area contributed by atoms with Crippen LogP contribution in [0, 0.1) is 0 Å². The lowest BCUT2D eigenvalue weighted by atomic mass is 10.1. The average molecular weight is 377 g/mol. The first-order valence-electron chi connectivity index (χ1n) is 9.76. The molecule has 0 bridgehead atoms. The monoisotopic (exact) mass is 376 g/mol. The molecule has 0 N–H and O–H groups in total. The van der Waals surface area contributed by atoms with E-state index in [1.165, 1.54) is 19.3 Å². The number of likely N-dealkylation sites (N-methyl/N-ethyl adjacent to an activating group) is 1. The average Bonchev–Trinajstić information content (AvgIpc) is 3.32. The van der Waals surface area contributed by atoms with E-state index in [4.69, 9.17) is 9.72 Å². The van der Waals surface area contributed by atoms with Gasteiger partial charge in [-0.15, -0.1) is 11.3 Å². The number of fused-ring (bicyclic) bond motifs is 1. The number of likely N-dealkylation sites (tertiary alicyclic amines) is 1. The van der Waals surface area contributed by atoms with E-state index in [1.54, 1.807) is 11.3 Å². The fourth-order valence-corrected chi connectivity index (χ4v) is 4.72. The summed E-state index contributed by atoms with van der Waals surface area (Å²) in [6.07, 6.45) is 9.02. The van der Waals surface area contributed by atoms with Crippen LogP contribution in [0.2, 0.25) is 0 Å². The van der Waals surface area contributed by atoms with Crippen molar-refractivity contribution in [3.05, 3.63) is 23.0 Å². The molecule has 2 saturated heterocycles. The fraction of sp³-hybridized carbons (Fsp3) is 0.684. The van der Waals surface area contributed by atoms with Gasteiger partial charge in [-0.25, -0.2) is 4.98 Å². The van der Waals surface area contributed by atoms with E-state index in [-0.39, 0.29) is 5.91 Å². The Hall–Kier alpha value is -1.44. The largest absolute Gasteiger partial charge is 0.380 e. The molecule has 26 heavy (non-hydrogen) atoms. The number of nitrogens with zero attached hydrogens (tertiary/aromatic N) is 4. The highest BCUT2D eigenvalue weighted by Crippen LogP contribution is 2.23. The van der Waals surface area contributed by atoms with Gasteiger partial charge in [0.2, 0.25) is 0 Å². The molecule has 2 aliphatic heterocycles. The summed E-state index contributed by atoms with van der Waals surface area (Å²) < 4.78 is 7.62. The first-order chi connectivity index (χ1) is 12.7. The molecule has 1 amide bonds. The van der Waals surface area contributed by atoms with Crippen LogP contribution in [0.3, 0.4) is 0 Å². The van der Waals surface area contributed by atoms with Crippen LogP contribution in [0.25, 0.3) is 4.96 Å². The maximum absolute atomic E-state index is 13.3. The minimum absolute atomic E-state index is 0.105. The number of aromatic nitrogens is 2.